The molecule has 19 aromatic rings. The van der Waals surface area contributed by atoms with Crippen molar-refractivity contribution in [1.29, 1.82) is 0 Å². The van der Waals surface area contributed by atoms with E-state index in [9.17, 15) is 0 Å². The first-order valence-electron chi connectivity index (χ1n) is 44.8. The second-order valence-electron chi connectivity index (χ2n) is 40.9. The lowest BCUT2D eigenvalue weighted by Gasteiger charge is -2.33. The van der Waals surface area contributed by atoms with E-state index in [2.05, 4.69) is 517 Å². The Kier molecular flexibility index (Phi) is 20.3. The van der Waals surface area contributed by atoms with Gasteiger partial charge in [0.1, 0.15) is 0 Å². The summed E-state index contributed by atoms with van der Waals surface area (Å²) >= 11 is 0. The van der Waals surface area contributed by atoms with Crippen molar-refractivity contribution in [2.24, 2.45) is 0 Å². The Morgan fingerprint density at radius 2 is 0.310 bits per heavy atom. The fraction of sp³-hybridized carbons (Fsp3) is 0.200. The van der Waals surface area contributed by atoms with Gasteiger partial charge in [0.2, 0.25) is 0 Å². The first kappa shape index (κ1) is 82.0. The van der Waals surface area contributed by atoms with E-state index in [4.69, 9.17) is 0 Å². The molecular weight excluding hydrogens is 1530 g/mol. The molecule has 0 N–H and O–H groups in total. The number of anilines is 9. The van der Waals surface area contributed by atoms with Gasteiger partial charge in [0, 0.05) is 83.5 Å². The lowest BCUT2D eigenvalue weighted by Crippen LogP contribution is -2.16. The Morgan fingerprint density at radius 3 is 0.476 bits per heavy atom. The molecule has 126 heavy (non-hydrogen) atoms. The van der Waals surface area contributed by atoms with E-state index in [0.29, 0.717) is 0 Å². The predicted octanol–water partition coefficient (Wildman–Crippen LogP) is 34.2. The monoisotopic (exact) mass is 1640 g/mol. The van der Waals surface area contributed by atoms with E-state index in [1.165, 1.54) is 98.8 Å². The molecule has 0 unspecified atom stereocenters. The maximum absolute atomic E-state index is 2.45. The van der Waals surface area contributed by atoms with Crippen LogP contribution in [0.1, 0.15) is 158 Å². The Bertz CT molecular complexity index is 6360. The predicted molar refractivity (Wildman–Crippen MR) is 542 cm³/mol. The third kappa shape index (κ3) is 15.4. The zero-order chi connectivity index (χ0) is 87.7. The number of benzene rings is 16. The number of nitrogens with zero attached hydrogens (tertiary/aromatic N) is 6. The molecule has 0 saturated carbocycles. The second kappa shape index (κ2) is 31.2. The fourth-order valence-corrected chi connectivity index (χ4v) is 18.6. The van der Waals surface area contributed by atoms with Crippen LogP contribution < -0.4 is 14.7 Å². The Hall–Kier alpha value is -13.7. The van der Waals surface area contributed by atoms with Gasteiger partial charge in [0.05, 0.1) is 50.2 Å². The van der Waals surface area contributed by atoms with Crippen molar-refractivity contribution in [3.8, 4) is 50.4 Å². The third-order valence-electron chi connectivity index (χ3n) is 25.9. The first-order chi connectivity index (χ1) is 60.2. The van der Waals surface area contributed by atoms with Gasteiger partial charge in [-0.25, -0.2) is 0 Å². The van der Waals surface area contributed by atoms with Gasteiger partial charge in [0.15, 0.2) is 0 Å². The molecule has 0 fully saturated rings. The second-order valence-corrected chi connectivity index (χ2v) is 40.9. The Labute approximate surface area is 745 Å². The molecule has 3 aromatic heterocycles. The third-order valence-corrected chi connectivity index (χ3v) is 25.9. The van der Waals surface area contributed by atoms with Gasteiger partial charge in [0.25, 0.3) is 0 Å². The van der Waals surface area contributed by atoms with Crippen LogP contribution in [0.5, 0.6) is 0 Å². The highest BCUT2D eigenvalue weighted by Crippen LogP contribution is 2.50. The van der Waals surface area contributed by atoms with Crippen LogP contribution in [0.2, 0.25) is 0 Å². The molecule has 624 valence electrons. The van der Waals surface area contributed by atoms with Crippen LogP contribution >= 0.6 is 0 Å². The van der Waals surface area contributed by atoms with Gasteiger partial charge < -0.3 is 28.4 Å². The summed E-state index contributed by atoms with van der Waals surface area (Å²) in [5.41, 5.74) is 34.6. The molecule has 0 atom stereocenters. The average Bonchev–Trinajstić information content (AvgIpc) is 1.58. The van der Waals surface area contributed by atoms with Crippen molar-refractivity contribution >= 4 is 117 Å². The topological polar surface area (TPSA) is 24.5 Å². The van der Waals surface area contributed by atoms with E-state index in [-0.39, 0.29) is 32.5 Å². The van der Waals surface area contributed by atoms with Crippen LogP contribution in [0.15, 0.2) is 364 Å². The Balaban J connectivity index is 0.718. The standard InChI is InChI=1S/C120H114N6/c1-115(2,3)85-46-64-109-103(70-85)104-71-86(116(4,5)6)47-65-110(104)124(109)97-58-40-82(41-59-97)79-34-52-94(53-35-79)121(91-28-22-19-23-29-91)100-76-101(122(92-30-24-20-25-31-92)95-54-36-80(37-55-95)83-42-60-98(61-43-83)125-111-66-48-87(117(7,8)9)72-105(111)106-73-88(118(10,11)12)49-67-112(106)125)78-102(77-100)123(93-32-26-21-27-33-93)96-56-38-81(39-57-96)84-44-62-99(63-45-84)126-113-68-50-89(119(13,14)15)74-107(113)108-75-90(120(16,17)18)51-69-114(108)126/h19-78H,1-18H3. The smallest absolute Gasteiger partial charge is 0.0541 e. The lowest BCUT2D eigenvalue weighted by atomic mass is 9.85. The van der Waals surface area contributed by atoms with Crippen LogP contribution in [-0.4, -0.2) is 13.7 Å². The van der Waals surface area contributed by atoms with E-state index in [1.54, 1.807) is 0 Å². The van der Waals surface area contributed by atoms with E-state index in [1.807, 2.05) is 0 Å². The van der Waals surface area contributed by atoms with Crippen LogP contribution in [0, 0.1) is 0 Å². The summed E-state index contributed by atoms with van der Waals surface area (Å²) in [6.45, 7) is 41.5. The summed E-state index contributed by atoms with van der Waals surface area (Å²) in [5, 5.41) is 7.70. The van der Waals surface area contributed by atoms with Crippen LogP contribution in [-0.2, 0) is 32.5 Å². The van der Waals surface area contributed by atoms with Crippen molar-refractivity contribution in [3.63, 3.8) is 0 Å². The molecule has 19 rings (SSSR count). The highest BCUT2D eigenvalue weighted by Gasteiger charge is 2.29. The highest BCUT2D eigenvalue weighted by atomic mass is 15.2. The number of para-hydroxylation sites is 3. The average molecular weight is 1640 g/mol. The van der Waals surface area contributed by atoms with Crippen molar-refractivity contribution < 1.29 is 0 Å². The summed E-state index contributed by atoms with van der Waals surface area (Å²) in [4.78, 5) is 7.25. The maximum Gasteiger partial charge on any atom is 0.0541 e. The molecule has 0 radical (unpaired) electrons. The molecule has 0 spiro atoms. The van der Waals surface area contributed by atoms with Crippen molar-refractivity contribution in [2.45, 2.75) is 157 Å². The molecule has 0 aliphatic carbocycles. The van der Waals surface area contributed by atoms with Gasteiger partial charge in [-0.2, -0.15) is 0 Å². The summed E-state index contributed by atoms with van der Waals surface area (Å²) < 4.78 is 7.35. The minimum Gasteiger partial charge on any atom is -0.310 e. The molecule has 6 heteroatoms. The summed E-state index contributed by atoms with van der Waals surface area (Å²) in [6, 6.07) is 137. The normalized spacial score (nSPS) is 12.5. The molecule has 0 amide bonds. The molecule has 16 aromatic carbocycles. The summed E-state index contributed by atoms with van der Waals surface area (Å²) in [7, 11) is 0. The van der Waals surface area contributed by atoms with Crippen LogP contribution in [0.4, 0.5) is 51.2 Å². The number of fused-ring (bicyclic) bond motifs is 9. The van der Waals surface area contributed by atoms with Crippen molar-refractivity contribution in [2.75, 3.05) is 14.7 Å². The summed E-state index contributed by atoms with van der Waals surface area (Å²) in [5.74, 6) is 0. The van der Waals surface area contributed by atoms with Crippen molar-refractivity contribution in [1.82, 2.24) is 13.7 Å². The SMILES string of the molecule is CC(C)(C)c1ccc2c(c1)c1cc(C(C)(C)C)ccc1n2-c1ccc(-c2ccc(N(c3ccccc3)c3cc(N(c4ccccc4)c4ccc(-c5ccc(-n6c7ccc(C(C)(C)C)cc7c7cc(C(C)(C)C)ccc76)cc5)cc4)cc(N(c4ccccc4)c4ccc(-c5ccc(-n6c7ccc(C(C)(C)C)cc7c7cc(C(C)(C)C)ccc76)cc5)cc4)c3)cc2)cc1. The zero-order valence-electron chi connectivity index (χ0n) is 76.3. The summed E-state index contributed by atoms with van der Waals surface area (Å²) in [6.07, 6.45) is 0. The van der Waals surface area contributed by atoms with Gasteiger partial charge in [-0.05, 0) is 299 Å². The van der Waals surface area contributed by atoms with E-state index in [0.717, 1.165) is 102 Å². The van der Waals surface area contributed by atoms with Gasteiger partial charge in [-0.3, -0.25) is 0 Å². The van der Waals surface area contributed by atoms with Crippen molar-refractivity contribution in [3.05, 3.63) is 397 Å². The number of rotatable bonds is 15. The first-order valence-corrected chi connectivity index (χ1v) is 44.8. The quantitative estimate of drug-likeness (QED) is 0.102. The van der Waals surface area contributed by atoms with E-state index >= 15 is 0 Å². The molecular formula is C120H114N6. The van der Waals surface area contributed by atoms with Crippen LogP contribution in [0.3, 0.4) is 0 Å². The molecule has 0 aliphatic heterocycles. The van der Waals surface area contributed by atoms with Gasteiger partial charge in [-0.1, -0.05) is 288 Å². The molecule has 0 aliphatic rings. The molecule has 0 bridgehead atoms. The highest BCUT2D eigenvalue weighted by molar-refractivity contribution is 6.12. The lowest BCUT2D eigenvalue weighted by molar-refractivity contribution is 0.590. The molecule has 6 nitrogen and oxygen atoms in total. The van der Waals surface area contributed by atoms with Gasteiger partial charge >= 0.3 is 0 Å². The molecule has 3 heterocycles. The Morgan fingerprint density at radius 1 is 0.151 bits per heavy atom. The number of hydrogen-bond acceptors (Lipinski definition) is 3. The largest absolute Gasteiger partial charge is 0.310 e. The fourth-order valence-electron chi connectivity index (χ4n) is 18.6. The maximum atomic E-state index is 2.45. The minimum absolute atomic E-state index is 0.0108. The minimum atomic E-state index is 0.0108. The van der Waals surface area contributed by atoms with Crippen LogP contribution in [0.25, 0.3) is 116 Å². The molecule has 0 saturated heterocycles. The van der Waals surface area contributed by atoms with E-state index < -0.39 is 0 Å². The number of hydrogen-bond donors (Lipinski definition) is 0. The zero-order valence-corrected chi connectivity index (χ0v) is 76.3. The number of aromatic nitrogens is 3. The van der Waals surface area contributed by atoms with Gasteiger partial charge in [-0.15, -0.1) is 0 Å².